The number of morpholine rings is 1. The van der Waals surface area contributed by atoms with Gasteiger partial charge in [-0.05, 0) is 50.2 Å². The number of aromatic nitrogens is 2. The second kappa shape index (κ2) is 9.00. The van der Waals surface area contributed by atoms with Crippen molar-refractivity contribution in [1.82, 2.24) is 9.78 Å². The molecule has 1 N–H and O–H groups in total. The Kier molecular flexibility index (Phi) is 5.99. The second-order valence-corrected chi connectivity index (χ2v) is 7.29. The zero-order valence-corrected chi connectivity index (χ0v) is 17.2. The number of nitrogens with zero attached hydrogens (tertiary/aromatic N) is 3. The molecule has 0 spiro atoms. The molecule has 7 nitrogen and oxygen atoms in total. The highest BCUT2D eigenvalue weighted by atomic mass is 16.5. The zero-order chi connectivity index (χ0) is 20.9. The Morgan fingerprint density at radius 3 is 2.47 bits per heavy atom. The number of para-hydroxylation sites is 1. The fourth-order valence-electron chi connectivity index (χ4n) is 3.32. The number of ether oxygens (including phenoxy) is 2. The number of hydrogen-bond donors (Lipinski definition) is 1. The van der Waals surface area contributed by atoms with Gasteiger partial charge in [0.1, 0.15) is 0 Å². The second-order valence-electron chi connectivity index (χ2n) is 7.29. The highest BCUT2D eigenvalue weighted by Crippen LogP contribution is 2.21. The topological polar surface area (TPSA) is 68.6 Å². The van der Waals surface area contributed by atoms with Crippen molar-refractivity contribution in [3.8, 4) is 11.6 Å². The van der Waals surface area contributed by atoms with Crippen LogP contribution in [-0.4, -0.2) is 48.1 Å². The lowest BCUT2D eigenvalue weighted by Gasteiger charge is -2.28. The number of amides is 1. The van der Waals surface area contributed by atoms with Crippen LogP contribution in [0.15, 0.2) is 60.8 Å². The van der Waals surface area contributed by atoms with Gasteiger partial charge < -0.3 is 19.7 Å². The van der Waals surface area contributed by atoms with Gasteiger partial charge in [-0.1, -0.05) is 18.2 Å². The van der Waals surface area contributed by atoms with Crippen LogP contribution in [0.25, 0.3) is 5.69 Å². The number of carbonyl (C=O) groups excluding carboxylic acids is 1. The number of nitrogens with one attached hydrogen (secondary N) is 1. The predicted molar refractivity (Wildman–Crippen MR) is 116 cm³/mol. The van der Waals surface area contributed by atoms with E-state index in [2.05, 4.69) is 15.3 Å². The number of rotatable bonds is 6. The summed E-state index contributed by atoms with van der Waals surface area (Å²) in [6.07, 6.45) is 1.21. The first-order valence-corrected chi connectivity index (χ1v) is 10.1. The average Bonchev–Trinajstić information content (AvgIpc) is 3.15. The fourth-order valence-corrected chi connectivity index (χ4v) is 3.32. The predicted octanol–water partition coefficient (Wildman–Crippen LogP) is 3.42. The Labute approximate surface area is 176 Å². The molecule has 3 aromatic rings. The van der Waals surface area contributed by atoms with Crippen LogP contribution in [0.3, 0.4) is 0 Å². The van der Waals surface area contributed by atoms with Crippen LogP contribution in [0.2, 0.25) is 0 Å². The van der Waals surface area contributed by atoms with Crippen LogP contribution in [-0.2, 0) is 9.53 Å². The van der Waals surface area contributed by atoms with E-state index in [1.807, 2.05) is 67.7 Å². The molecule has 2 aromatic carbocycles. The van der Waals surface area contributed by atoms with Crippen molar-refractivity contribution in [1.29, 1.82) is 0 Å². The highest BCUT2D eigenvalue weighted by molar-refractivity contribution is 5.94. The fraction of sp³-hybridized carbons (Fsp3) is 0.304. The van der Waals surface area contributed by atoms with Gasteiger partial charge in [-0.15, -0.1) is 5.10 Å². The van der Waals surface area contributed by atoms with E-state index >= 15 is 0 Å². The Morgan fingerprint density at radius 2 is 1.77 bits per heavy atom. The molecule has 1 atom stereocenters. The molecule has 0 aliphatic carbocycles. The van der Waals surface area contributed by atoms with Gasteiger partial charge in [-0.2, -0.15) is 0 Å². The molecule has 30 heavy (non-hydrogen) atoms. The van der Waals surface area contributed by atoms with Gasteiger partial charge in [0.2, 0.25) is 5.88 Å². The molecule has 0 bridgehead atoms. The maximum absolute atomic E-state index is 12.6. The number of benzene rings is 2. The smallest absolute Gasteiger partial charge is 0.265 e. The molecular formula is C23H26N4O3. The van der Waals surface area contributed by atoms with E-state index in [0.717, 1.165) is 48.9 Å². The molecule has 1 saturated heterocycles. The van der Waals surface area contributed by atoms with E-state index in [9.17, 15) is 4.79 Å². The summed E-state index contributed by atoms with van der Waals surface area (Å²) in [5.41, 5.74) is 3.67. The Bertz CT molecular complexity index is 979. The maximum atomic E-state index is 12.6. The largest absolute Gasteiger partial charge is 0.463 e. The van der Waals surface area contributed by atoms with Crippen LogP contribution in [0.1, 0.15) is 12.5 Å². The van der Waals surface area contributed by atoms with E-state index in [1.54, 1.807) is 11.6 Å². The monoisotopic (exact) mass is 406 g/mol. The number of anilines is 2. The summed E-state index contributed by atoms with van der Waals surface area (Å²) >= 11 is 0. The Balaban J connectivity index is 1.36. The van der Waals surface area contributed by atoms with Crippen molar-refractivity contribution in [2.45, 2.75) is 20.0 Å². The molecule has 0 radical (unpaired) electrons. The molecule has 4 rings (SSSR count). The quantitative estimate of drug-likeness (QED) is 0.679. The summed E-state index contributed by atoms with van der Waals surface area (Å²) in [6, 6.07) is 17.6. The molecule has 1 aliphatic heterocycles. The van der Waals surface area contributed by atoms with Gasteiger partial charge in [0.05, 0.1) is 18.9 Å². The van der Waals surface area contributed by atoms with Crippen molar-refractivity contribution in [2.24, 2.45) is 0 Å². The van der Waals surface area contributed by atoms with Crippen LogP contribution in [0.5, 0.6) is 5.88 Å². The number of hydrogen-bond acceptors (Lipinski definition) is 5. The summed E-state index contributed by atoms with van der Waals surface area (Å²) in [5, 5.41) is 7.38. The first-order chi connectivity index (χ1) is 14.6. The minimum absolute atomic E-state index is 0.220. The van der Waals surface area contributed by atoms with Crippen LogP contribution >= 0.6 is 0 Å². The molecular weight excluding hydrogens is 380 g/mol. The van der Waals surface area contributed by atoms with Crippen molar-refractivity contribution in [3.63, 3.8) is 0 Å². The van der Waals surface area contributed by atoms with Crippen molar-refractivity contribution in [3.05, 3.63) is 66.4 Å². The molecule has 1 fully saturated rings. The molecule has 156 valence electrons. The lowest BCUT2D eigenvalue weighted by molar-refractivity contribution is -0.122. The molecule has 1 aromatic heterocycles. The summed E-state index contributed by atoms with van der Waals surface area (Å²) in [7, 11) is 0. The number of aryl methyl sites for hydroxylation is 1. The first-order valence-electron chi connectivity index (χ1n) is 10.1. The van der Waals surface area contributed by atoms with Crippen molar-refractivity contribution >= 4 is 17.3 Å². The third kappa shape index (κ3) is 4.63. The van der Waals surface area contributed by atoms with Crippen LogP contribution in [0, 0.1) is 6.92 Å². The molecule has 1 aliphatic rings. The van der Waals surface area contributed by atoms with Gasteiger partial charge in [-0.25, -0.2) is 4.68 Å². The Hall–Kier alpha value is -3.32. The summed E-state index contributed by atoms with van der Waals surface area (Å²) in [4.78, 5) is 14.9. The van der Waals surface area contributed by atoms with Gasteiger partial charge in [0, 0.05) is 36.2 Å². The van der Waals surface area contributed by atoms with Gasteiger partial charge in [-0.3, -0.25) is 4.79 Å². The third-order valence-corrected chi connectivity index (χ3v) is 5.04. The first kappa shape index (κ1) is 20.0. The maximum Gasteiger partial charge on any atom is 0.265 e. The van der Waals surface area contributed by atoms with E-state index in [1.165, 1.54) is 0 Å². The molecule has 1 amide bonds. The lowest BCUT2D eigenvalue weighted by Crippen LogP contribution is -2.36. The van der Waals surface area contributed by atoms with Gasteiger partial charge in [0.15, 0.2) is 6.10 Å². The minimum atomic E-state index is -0.679. The van der Waals surface area contributed by atoms with Crippen LogP contribution in [0.4, 0.5) is 11.4 Å². The van der Waals surface area contributed by atoms with E-state index in [-0.39, 0.29) is 5.91 Å². The minimum Gasteiger partial charge on any atom is -0.463 e. The summed E-state index contributed by atoms with van der Waals surface area (Å²) in [5.74, 6) is 0.229. The molecule has 0 unspecified atom stereocenters. The third-order valence-electron chi connectivity index (χ3n) is 5.04. The number of carbonyl (C=O) groups is 1. The van der Waals surface area contributed by atoms with E-state index in [0.29, 0.717) is 5.88 Å². The zero-order valence-electron chi connectivity index (χ0n) is 17.2. The SMILES string of the molecule is Cc1cn(-c2ccccc2)nc1O[C@H](C)C(=O)Nc1ccc(N2CCOCC2)cc1. The summed E-state index contributed by atoms with van der Waals surface area (Å²) in [6.45, 7) is 6.88. The van der Waals surface area contributed by atoms with Gasteiger partial charge >= 0.3 is 0 Å². The standard InChI is InChI=1S/C23H26N4O3/c1-17-16-27(21-6-4-3-5-7-21)25-23(17)30-18(2)22(28)24-19-8-10-20(11-9-19)26-12-14-29-15-13-26/h3-11,16,18H,12-15H2,1-2H3,(H,24,28)/t18-/m1/s1. The Morgan fingerprint density at radius 1 is 1.07 bits per heavy atom. The molecule has 7 heteroatoms. The molecule has 2 heterocycles. The average molecular weight is 406 g/mol. The van der Waals surface area contributed by atoms with Crippen LogP contribution < -0.4 is 15.0 Å². The van der Waals surface area contributed by atoms with E-state index < -0.39 is 6.10 Å². The van der Waals surface area contributed by atoms with Crippen molar-refractivity contribution < 1.29 is 14.3 Å². The van der Waals surface area contributed by atoms with Crippen molar-refractivity contribution in [2.75, 3.05) is 36.5 Å². The normalized spacial score (nSPS) is 14.9. The molecule has 0 saturated carbocycles. The van der Waals surface area contributed by atoms with E-state index in [4.69, 9.17) is 9.47 Å². The highest BCUT2D eigenvalue weighted by Gasteiger charge is 2.19. The summed E-state index contributed by atoms with van der Waals surface area (Å²) < 4.78 is 13.0. The van der Waals surface area contributed by atoms with Gasteiger partial charge in [0.25, 0.3) is 5.91 Å². The lowest BCUT2D eigenvalue weighted by atomic mass is 10.2.